The van der Waals surface area contributed by atoms with E-state index in [9.17, 15) is 0 Å². The van der Waals surface area contributed by atoms with Crippen molar-refractivity contribution in [1.82, 2.24) is 9.38 Å². The van der Waals surface area contributed by atoms with E-state index in [0.29, 0.717) is 0 Å². The molecule has 2 heteroatoms. The molecule has 1 aliphatic heterocycles. The van der Waals surface area contributed by atoms with Crippen LogP contribution >= 0.6 is 0 Å². The van der Waals surface area contributed by atoms with Crippen LogP contribution in [0.4, 0.5) is 0 Å². The van der Waals surface area contributed by atoms with Gasteiger partial charge in [0.1, 0.15) is 5.65 Å². The molecule has 0 saturated carbocycles. The Kier molecular flexibility index (Phi) is 2.54. The van der Waals surface area contributed by atoms with Crippen molar-refractivity contribution >= 4 is 27.3 Å². The summed E-state index contributed by atoms with van der Waals surface area (Å²) in [7, 11) is 0. The van der Waals surface area contributed by atoms with E-state index in [1.807, 2.05) is 0 Å². The predicted molar refractivity (Wildman–Crippen MR) is 106 cm³/mol. The van der Waals surface area contributed by atoms with Gasteiger partial charge in [0.2, 0.25) is 0 Å². The van der Waals surface area contributed by atoms with Gasteiger partial charge in [-0.1, -0.05) is 58.0 Å². The number of hydrogen-bond acceptors (Lipinski definition) is 1. The summed E-state index contributed by atoms with van der Waals surface area (Å²) in [5.41, 5.74) is 7.89. The molecule has 0 radical (unpaired) electrons. The number of aryl methyl sites for hydroxylation is 2. The van der Waals surface area contributed by atoms with Crippen molar-refractivity contribution in [2.45, 2.75) is 52.4 Å². The molecule has 2 aromatic heterocycles. The summed E-state index contributed by atoms with van der Waals surface area (Å²) in [5, 5.41) is 4.00. The van der Waals surface area contributed by atoms with Gasteiger partial charge in [0.15, 0.2) is 0 Å². The van der Waals surface area contributed by atoms with E-state index < -0.39 is 0 Å². The van der Waals surface area contributed by atoms with Gasteiger partial charge < -0.3 is 0 Å². The van der Waals surface area contributed by atoms with Gasteiger partial charge in [0.05, 0.1) is 5.52 Å². The fourth-order valence-corrected chi connectivity index (χ4v) is 4.79. The number of aromatic nitrogens is 2. The maximum absolute atomic E-state index is 4.92. The number of hydrogen-bond donors (Lipinski definition) is 0. The molecule has 1 aliphatic rings. The Bertz CT molecular complexity index is 1210. The van der Waals surface area contributed by atoms with Gasteiger partial charge in [0, 0.05) is 33.5 Å². The maximum atomic E-state index is 4.92. The Morgan fingerprint density at radius 3 is 2.32 bits per heavy atom. The second-order valence-electron chi connectivity index (χ2n) is 8.70. The van der Waals surface area contributed by atoms with Crippen molar-refractivity contribution in [3.05, 3.63) is 58.9 Å². The quantitative estimate of drug-likeness (QED) is 0.371. The minimum absolute atomic E-state index is 0.0119. The zero-order valence-electron chi connectivity index (χ0n) is 15.9. The Labute approximate surface area is 148 Å². The van der Waals surface area contributed by atoms with Crippen LogP contribution in [-0.4, -0.2) is 9.38 Å². The molecule has 2 aromatic carbocycles. The van der Waals surface area contributed by atoms with Crippen LogP contribution in [0.2, 0.25) is 0 Å². The lowest BCUT2D eigenvalue weighted by molar-refractivity contribution is 0.288. The SMILES string of the molecule is Cc1cccc2c1c1ncc3n1c1c(ccc(C)c21)C(C)(C)C3(C)C. The molecule has 0 atom stereocenters. The third kappa shape index (κ3) is 1.50. The third-order valence-electron chi connectivity index (χ3n) is 7.01. The van der Waals surface area contributed by atoms with E-state index in [4.69, 9.17) is 4.98 Å². The van der Waals surface area contributed by atoms with E-state index in [0.717, 1.165) is 5.65 Å². The van der Waals surface area contributed by atoms with Crippen LogP contribution in [0.5, 0.6) is 0 Å². The van der Waals surface area contributed by atoms with Crippen molar-refractivity contribution in [2.24, 2.45) is 0 Å². The van der Waals surface area contributed by atoms with Crippen molar-refractivity contribution in [1.29, 1.82) is 0 Å². The first kappa shape index (κ1) is 14.9. The van der Waals surface area contributed by atoms with Gasteiger partial charge in [0.25, 0.3) is 0 Å². The van der Waals surface area contributed by atoms with Crippen LogP contribution in [0.1, 0.15) is 50.1 Å². The molecule has 5 rings (SSSR count). The van der Waals surface area contributed by atoms with Crippen molar-refractivity contribution in [2.75, 3.05) is 0 Å². The summed E-state index contributed by atoms with van der Waals surface area (Å²) in [5.74, 6) is 0. The van der Waals surface area contributed by atoms with Gasteiger partial charge in [-0.25, -0.2) is 4.98 Å². The standard InChI is InChI=1S/C23H24N2/c1-13-8-7-9-15-18-14(2)10-11-16-20(18)25-17(12-24-21(25)19(13)15)23(5,6)22(16,3)4/h7-12H,1-6H3. The highest BCUT2D eigenvalue weighted by molar-refractivity contribution is 6.15. The summed E-state index contributed by atoms with van der Waals surface area (Å²) < 4.78 is 2.44. The van der Waals surface area contributed by atoms with Gasteiger partial charge in [-0.05, 0) is 35.9 Å². The molecule has 2 nitrogen and oxygen atoms in total. The van der Waals surface area contributed by atoms with Gasteiger partial charge in [-0.2, -0.15) is 0 Å². The zero-order valence-corrected chi connectivity index (χ0v) is 15.9. The smallest absolute Gasteiger partial charge is 0.145 e. The third-order valence-corrected chi connectivity index (χ3v) is 7.01. The number of pyridine rings is 1. The summed E-state index contributed by atoms with van der Waals surface area (Å²) in [6, 6.07) is 11.3. The molecule has 126 valence electrons. The van der Waals surface area contributed by atoms with E-state index in [2.05, 4.69) is 82.5 Å². The highest BCUT2D eigenvalue weighted by Crippen LogP contribution is 2.51. The minimum Gasteiger partial charge on any atom is -0.295 e. The number of rotatable bonds is 0. The molecule has 0 amide bonds. The molecule has 0 aliphatic carbocycles. The number of nitrogens with zero attached hydrogens (tertiary/aromatic N) is 2. The molecular formula is C23H24N2. The van der Waals surface area contributed by atoms with Crippen LogP contribution in [0.15, 0.2) is 36.5 Å². The number of imidazole rings is 1. The summed E-state index contributed by atoms with van der Waals surface area (Å²) in [6.07, 6.45) is 2.10. The van der Waals surface area contributed by atoms with E-state index in [1.54, 1.807) is 0 Å². The highest BCUT2D eigenvalue weighted by atomic mass is 15.0. The Balaban J connectivity index is 2.25. The van der Waals surface area contributed by atoms with E-state index in [-0.39, 0.29) is 10.8 Å². The van der Waals surface area contributed by atoms with Crippen LogP contribution in [0.25, 0.3) is 27.3 Å². The molecule has 0 N–H and O–H groups in total. The molecule has 0 saturated heterocycles. The molecule has 0 fully saturated rings. The Morgan fingerprint density at radius 2 is 1.56 bits per heavy atom. The average Bonchev–Trinajstić information content (AvgIpc) is 2.99. The monoisotopic (exact) mass is 328 g/mol. The van der Waals surface area contributed by atoms with Gasteiger partial charge in [-0.15, -0.1) is 0 Å². The lowest BCUT2D eigenvalue weighted by Gasteiger charge is -2.46. The van der Waals surface area contributed by atoms with Gasteiger partial charge >= 0.3 is 0 Å². The second kappa shape index (κ2) is 4.24. The molecule has 0 spiro atoms. The minimum atomic E-state index is 0.0119. The first-order valence-corrected chi connectivity index (χ1v) is 9.10. The molecule has 4 aromatic rings. The van der Waals surface area contributed by atoms with Crippen LogP contribution in [0, 0.1) is 13.8 Å². The number of fused-ring (bicyclic) bond motifs is 3. The average molecular weight is 328 g/mol. The summed E-state index contributed by atoms with van der Waals surface area (Å²) in [4.78, 5) is 4.92. The van der Waals surface area contributed by atoms with E-state index in [1.165, 1.54) is 44.1 Å². The van der Waals surface area contributed by atoms with E-state index >= 15 is 0 Å². The second-order valence-corrected chi connectivity index (χ2v) is 8.70. The fourth-order valence-electron chi connectivity index (χ4n) is 4.79. The lowest BCUT2D eigenvalue weighted by Crippen LogP contribution is -2.44. The topological polar surface area (TPSA) is 17.3 Å². The Morgan fingerprint density at radius 1 is 0.840 bits per heavy atom. The van der Waals surface area contributed by atoms with Crippen molar-refractivity contribution in [3.8, 4) is 0 Å². The molecule has 25 heavy (non-hydrogen) atoms. The summed E-state index contributed by atoms with van der Waals surface area (Å²) in [6.45, 7) is 13.9. The Hall–Kier alpha value is -2.35. The lowest BCUT2D eigenvalue weighted by atomic mass is 9.60. The van der Waals surface area contributed by atoms with Crippen LogP contribution in [0.3, 0.4) is 0 Å². The van der Waals surface area contributed by atoms with Crippen LogP contribution in [-0.2, 0) is 10.8 Å². The fraction of sp³-hybridized carbons (Fsp3) is 0.348. The number of benzene rings is 2. The molecular weight excluding hydrogens is 304 g/mol. The molecule has 0 bridgehead atoms. The molecule has 3 heterocycles. The first-order chi connectivity index (χ1) is 11.8. The largest absolute Gasteiger partial charge is 0.295 e. The normalized spacial score (nSPS) is 17.8. The van der Waals surface area contributed by atoms with Crippen molar-refractivity contribution in [3.63, 3.8) is 0 Å². The van der Waals surface area contributed by atoms with Crippen LogP contribution < -0.4 is 0 Å². The summed E-state index contributed by atoms with van der Waals surface area (Å²) >= 11 is 0. The predicted octanol–water partition coefficient (Wildman–Crippen LogP) is 5.83. The maximum Gasteiger partial charge on any atom is 0.145 e. The first-order valence-electron chi connectivity index (χ1n) is 9.10. The highest BCUT2D eigenvalue weighted by Gasteiger charge is 2.46. The van der Waals surface area contributed by atoms with Gasteiger partial charge in [-0.3, -0.25) is 4.40 Å². The van der Waals surface area contributed by atoms with Crippen molar-refractivity contribution < 1.29 is 0 Å². The molecule has 0 unspecified atom stereocenters. The zero-order chi connectivity index (χ0) is 17.7.